The number of nitrogens with zero attached hydrogens (tertiary/aromatic N) is 2. The third-order valence-electron chi connectivity index (χ3n) is 5.45. The van der Waals surface area contributed by atoms with Crippen molar-refractivity contribution >= 4 is 26.5 Å². The first-order valence-electron chi connectivity index (χ1n) is 10.5. The van der Waals surface area contributed by atoms with Crippen LogP contribution in [0.5, 0.6) is 0 Å². The number of thiazole rings is 1. The predicted octanol–water partition coefficient (Wildman–Crippen LogP) is 4.23. The summed E-state index contributed by atoms with van der Waals surface area (Å²) in [5, 5.41) is 12.6. The van der Waals surface area contributed by atoms with Gasteiger partial charge in [0.2, 0.25) is 0 Å². The number of benzene rings is 1. The largest absolute Gasteiger partial charge is 0.390 e. The summed E-state index contributed by atoms with van der Waals surface area (Å²) < 4.78 is 28.3. The molecule has 2 N–H and O–H groups in total. The molecule has 0 fully saturated rings. The van der Waals surface area contributed by atoms with Crippen molar-refractivity contribution in [2.75, 3.05) is 25.4 Å². The summed E-state index contributed by atoms with van der Waals surface area (Å²) in [6, 6.07) is 5.54. The molecule has 8 heteroatoms. The molecule has 0 spiro atoms. The minimum Gasteiger partial charge on any atom is -0.390 e. The van der Waals surface area contributed by atoms with Gasteiger partial charge in [0.1, 0.15) is 0 Å². The van der Waals surface area contributed by atoms with E-state index in [0.29, 0.717) is 30.1 Å². The minimum absolute atomic E-state index is 0.273. The molecule has 0 amide bonds. The van der Waals surface area contributed by atoms with E-state index in [2.05, 4.69) is 28.7 Å². The van der Waals surface area contributed by atoms with Crippen LogP contribution in [0.15, 0.2) is 28.5 Å². The van der Waals surface area contributed by atoms with Crippen molar-refractivity contribution in [3.05, 3.63) is 40.4 Å². The van der Waals surface area contributed by atoms with Gasteiger partial charge in [-0.25, -0.2) is 13.4 Å². The average molecular weight is 454 g/mol. The van der Waals surface area contributed by atoms with E-state index < -0.39 is 15.6 Å². The first-order valence-corrected chi connectivity index (χ1v) is 12.9. The zero-order chi connectivity index (χ0) is 22.4. The Labute approximate surface area is 185 Å². The third kappa shape index (κ3) is 7.04. The highest BCUT2D eigenvalue weighted by Gasteiger charge is 2.25. The fourth-order valence-corrected chi connectivity index (χ4v) is 5.56. The topological polar surface area (TPSA) is 82.5 Å². The molecule has 1 aromatic heterocycles. The lowest BCUT2D eigenvalue weighted by atomic mass is 9.92. The highest BCUT2D eigenvalue weighted by molar-refractivity contribution is 7.93. The van der Waals surface area contributed by atoms with Gasteiger partial charge < -0.3 is 10.0 Å². The lowest BCUT2D eigenvalue weighted by Crippen LogP contribution is -2.29. The number of nitrogens with one attached hydrogen (secondary N) is 1. The van der Waals surface area contributed by atoms with Crippen LogP contribution in [0.4, 0.5) is 5.13 Å². The number of unbranched alkanes of at least 4 members (excludes halogenated alkanes) is 1. The van der Waals surface area contributed by atoms with Crippen molar-refractivity contribution in [2.24, 2.45) is 0 Å². The minimum atomic E-state index is -3.71. The fourth-order valence-electron chi connectivity index (χ4n) is 3.37. The average Bonchev–Trinajstić information content (AvgIpc) is 3.10. The number of hydrogen-bond acceptors (Lipinski definition) is 6. The molecule has 1 heterocycles. The maximum atomic E-state index is 12.9. The highest BCUT2D eigenvalue weighted by Crippen LogP contribution is 2.26. The number of hydrogen-bond donors (Lipinski definition) is 2. The monoisotopic (exact) mass is 453 g/mol. The maximum absolute atomic E-state index is 12.9. The smallest absolute Gasteiger partial charge is 0.263 e. The molecule has 6 nitrogen and oxygen atoms in total. The Balaban J connectivity index is 2.05. The molecule has 168 valence electrons. The number of anilines is 1. The highest BCUT2D eigenvalue weighted by atomic mass is 32.2. The van der Waals surface area contributed by atoms with E-state index in [9.17, 15) is 13.5 Å². The molecule has 2 aromatic rings. The van der Waals surface area contributed by atoms with Crippen LogP contribution in [0, 0.1) is 6.92 Å². The van der Waals surface area contributed by atoms with Crippen LogP contribution < -0.4 is 4.72 Å². The molecular weight excluding hydrogens is 418 g/mol. The van der Waals surface area contributed by atoms with Gasteiger partial charge in [-0.15, -0.1) is 11.3 Å². The van der Waals surface area contributed by atoms with E-state index >= 15 is 0 Å². The molecule has 2 rings (SSSR count). The first kappa shape index (κ1) is 24.8. The SMILES string of the molecule is CCC(O)(CC)Cc1csc(NS(=O)(=O)c2ccc(CCCCN(C)C)cc2C)n1. The van der Waals surface area contributed by atoms with Crippen molar-refractivity contribution in [3.63, 3.8) is 0 Å². The Morgan fingerprint density at radius 1 is 1.20 bits per heavy atom. The predicted molar refractivity (Wildman–Crippen MR) is 125 cm³/mol. The van der Waals surface area contributed by atoms with Crippen molar-refractivity contribution in [1.82, 2.24) is 9.88 Å². The third-order valence-corrected chi connectivity index (χ3v) is 7.88. The Hall–Kier alpha value is -1.48. The Kier molecular flexibility index (Phi) is 8.85. The van der Waals surface area contributed by atoms with Crippen molar-refractivity contribution in [1.29, 1.82) is 0 Å². The van der Waals surface area contributed by atoms with Crippen LogP contribution in [0.1, 0.15) is 56.4 Å². The molecule has 0 saturated carbocycles. The van der Waals surface area contributed by atoms with Gasteiger partial charge in [-0.1, -0.05) is 26.0 Å². The molecule has 1 aromatic carbocycles. The second-order valence-corrected chi connectivity index (χ2v) is 10.7. The lowest BCUT2D eigenvalue weighted by Gasteiger charge is -2.23. The molecule has 0 atom stereocenters. The van der Waals surface area contributed by atoms with Crippen LogP contribution in [0.25, 0.3) is 0 Å². The van der Waals surface area contributed by atoms with Gasteiger partial charge in [-0.2, -0.15) is 0 Å². The van der Waals surface area contributed by atoms with Crippen molar-refractivity contribution < 1.29 is 13.5 Å². The van der Waals surface area contributed by atoms with Crippen LogP contribution in [-0.2, 0) is 22.9 Å². The molecule has 0 aliphatic heterocycles. The molecule has 0 aliphatic rings. The van der Waals surface area contributed by atoms with Gasteiger partial charge in [-0.05, 0) is 76.9 Å². The number of sulfonamides is 1. The van der Waals surface area contributed by atoms with E-state index in [1.165, 1.54) is 11.3 Å². The normalized spacial score (nSPS) is 12.5. The molecular formula is C22H35N3O3S2. The van der Waals surface area contributed by atoms with Gasteiger partial charge in [0.25, 0.3) is 10.0 Å². The fraction of sp³-hybridized carbons (Fsp3) is 0.591. The summed E-state index contributed by atoms with van der Waals surface area (Å²) in [6.45, 7) is 6.76. The first-order chi connectivity index (χ1) is 14.1. The second kappa shape index (κ2) is 10.7. The van der Waals surface area contributed by atoms with Gasteiger partial charge in [0.05, 0.1) is 16.2 Å². The Bertz CT molecular complexity index is 919. The van der Waals surface area contributed by atoms with Gasteiger partial charge in [-0.3, -0.25) is 4.72 Å². The van der Waals surface area contributed by atoms with Gasteiger partial charge >= 0.3 is 0 Å². The number of aryl methyl sites for hydroxylation is 2. The second-order valence-electron chi connectivity index (χ2n) is 8.22. The molecule has 30 heavy (non-hydrogen) atoms. The van der Waals surface area contributed by atoms with Crippen LogP contribution in [-0.4, -0.2) is 49.6 Å². The summed E-state index contributed by atoms with van der Waals surface area (Å²) in [6.07, 6.45) is 4.80. The number of rotatable bonds is 12. The maximum Gasteiger partial charge on any atom is 0.263 e. The summed E-state index contributed by atoms with van der Waals surface area (Å²) in [5.41, 5.74) is 1.79. The van der Waals surface area contributed by atoms with E-state index in [4.69, 9.17) is 0 Å². The molecule has 0 radical (unpaired) electrons. The Morgan fingerprint density at radius 2 is 1.90 bits per heavy atom. The summed E-state index contributed by atoms with van der Waals surface area (Å²) in [7, 11) is 0.421. The van der Waals surface area contributed by atoms with Gasteiger partial charge in [0.15, 0.2) is 5.13 Å². The van der Waals surface area contributed by atoms with E-state index in [-0.39, 0.29) is 4.90 Å². The summed E-state index contributed by atoms with van der Waals surface area (Å²) in [5.74, 6) is 0. The van der Waals surface area contributed by atoms with E-state index in [1.54, 1.807) is 11.4 Å². The van der Waals surface area contributed by atoms with Crippen LogP contribution in [0.2, 0.25) is 0 Å². The molecule has 0 saturated heterocycles. The van der Waals surface area contributed by atoms with E-state index in [1.807, 2.05) is 32.9 Å². The van der Waals surface area contributed by atoms with Crippen LogP contribution >= 0.6 is 11.3 Å². The molecule has 0 unspecified atom stereocenters. The molecule has 0 aliphatic carbocycles. The van der Waals surface area contributed by atoms with E-state index in [0.717, 1.165) is 36.9 Å². The van der Waals surface area contributed by atoms with Gasteiger partial charge in [0, 0.05) is 11.8 Å². The zero-order valence-electron chi connectivity index (χ0n) is 18.7. The number of aliphatic hydroxyl groups is 1. The lowest BCUT2D eigenvalue weighted by molar-refractivity contribution is 0.0319. The quantitative estimate of drug-likeness (QED) is 0.470. The van der Waals surface area contributed by atoms with Crippen LogP contribution in [0.3, 0.4) is 0 Å². The summed E-state index contributed by atoms with van der Waals surface area (Å²) >= 11 is 1.24. The van der Waals surface area contributed by atoms with Crippen molar-refractivity contribution in [2.45, 2.75) is 69.8 Å². The zero-order valence-corrected chi connectivity index (χ0v) is 20.4. The summed E-state index contributed by atoms with van der Waals surface area (Å²) in [4.78, 5) is 6.82. The van der Waals surface area contributed by atoms with Crippen molar-refractivity contribution in [3.8, 4) is 0 Å². The number of aromatic nitrogens is 1. The Morgan fingerprint density at radius 3 is 2.50 bits per heavy atom. The molecule has 0 bridgehead atoms. The standard InChI is InChI=1S/C22H35N3O3S2/c1-6-22(26,7-2)15-19-16-29-21(23-19)24-30(27,28)20-12-11-18(14-17(20)3)10-8-9-13-25(4)5/h11-12,14,16,26H,6-10,13,15H2,1-5H3,(H,23,24).